The average Bonchev–Trinajstić information content (AvgIpc) is 2.57. The molecule has 0 atom stereocenters. The number of nitrogens with zero attached hydrogens (tertiary/aromatic N) is 1. The van der Waals surface area contributed by atoms with Crippen LogP contribution >= 0.6 is 23.8 Å². The summed E-state index contributed by atoms with van der Waals surface area (Å²) in [5, 5.41) is 3.14. The Kier molecular flexibility index (Phi) is 3.35. The lowest BCUT2D eigenvalue weighted by Crippen LogP contribution is -2.32. The number of hydrogen-bond acceptors (Lipinski definition) is 2. The van der Waals surface area contributed by atoms with Gasteiger partial charge in [0.2, 0.25) is 0 Å². The summed E-state index contributed by atoms with van der Waals surface area (Å²) >= 11 is 11.2. The van der Waals surface area contributed by atoms with Crippen molar-refractivity contribution in [3.8, 4) is 0 Å². The molecule has 0 unspecified atom stereocenters. The molecule has 2 rings (SSSR count). The lowest BCUT2D eigenvalue weighted by Gasteiger charge is -2.04. The van der Waals surface area contributed by atoms with Gasteiger partial charge in [0.1, 0.15) is 0 Å². The molecule has 0 aliphatic carbocycles. The molecule has 90 valence electrons. The van der Waals surface area contributed by atoms with Crippen molar-refractivity contribution in [1.29, 1.82) is 0 Å². The number of nitrogens with two attached hydrogens (primary N) is 1. The van der Waals surface area contributed by atoms with E-state index < -0.39 is 6.03 Å². The Morgan fingerprint density at radius 2 is 2.35 bits per heavy atom. The predicted molar refractivity (Wildman–Crippen MR) is 69.7 cm³/mol. The number of imidazole rings is 1. The summed E-state index contributed by atoms with van der Waals surface area (Å²) in [4.78, 5) is 13.6. The third-order valence-electron chi connectivity index (χ3n) is 2.39. The predicted octanol–water partition coefficient (Wildman–Crippen LogP) is 2.02. The van der Waals surface area contributed by atoms with Gasteiger partial charge in [-0.25, -0.2) is 4.79 Å². The number of carbonyl (C=O) groups excluding carboxylic acids is 1. The van der Waals surface area contributed by atoms with Gasteiger partial charge in [-0.1, -0.05) is 17.7 Å². The summed E-state index contributed by atoms with van der Waals surface area (Å²) in [5.74, 6) is 0. The molecule has 0 spiro atoms. The van der Waals surface area contributed by atoms with Crippen LogP contribution in [0.4, 0.5) is 4.79 Å². The van der Waals surface area contributed by atoms with Crippen LogP contribution in [-0.2, 0) is 6.54 Å². The molecule has 2 aromatic rings. The van der Waals surface area contributed by atoms with Crippen LogP contribution in [0.15, 0.2) is 18.2 Å². The van der Waals surface area contributed by atoms with Crippen molar-refractivity contribution < 1.29 is 4.79 Å². The number of urea groups is 1. The van der Waals surface area contributed by atoms with E-state index >= 15 is 0 Å². The monoisotopic (exact) mass is 270 g/mol. The molecule has 4 N–H and O–H groups in total. The molecule has 17 heavy (non-hydrogen) atoms. The maximum absolute atomic E-state index is 10.6. The second kappa shape index (κ2) is 4.77. The van der Waals surface area contributed by atoms with E-state index in [0.29, 0.717) is 22.9 Å². The van der Waals surface area contributed by atoms with E-state index in [9.17, 15) is 4.79 Å². The minimum atomic E-state index is -0.547. The van der Waals surface area contributed by atoms with Crippen LogP contribution in [0, 0.1) is 4.77 Å². The first kappa shape index (κ1) is 11.9. The third-order valence-corrected chi connectivity index (χ3v) is 3.03. The quantitative estimate of drug-likeness (QED) is 0.747. The molecule has 5 nitrogen and oxygen atoms in total. The van der Waals surface area contributed by atoms with E-state index in [1.165, 1.54) is 0 Å². The fourth-order valence-corrected chi connectivity index (χ4v) is 2.17. The zero-order valence-corrected chi connectivity index (χ0v) is 10.4. The van der Waals surface area contributed by atoms with Crippen molar-refractivity contribution in [2.45, 2.75) is 6.54 Å². The Labute approximate surface area is 108 Å². The normalized spacial score (nSPS) is 10.6. The van der Waals surface area contributed by atoms with Gasteiger partial charge in [-0.2, -0.15) is 0 Å². The van der Waals surface area contributed by atoms with Gasteiger partial charge in [-0.3, -0.25) is 0 Å². The Balaban J connectivity index is 2.34. The molecule has 0 aliphatic rings. The Bertz CT molecular complexity index is 618. The Morgan fingerprint density at radius 1 is 1.59 bits per heavy atom. The maximum atomic E-state index is 10.6. The molecular formula is C10H11ClN4OS. The van der Waals surface area contributed by atoms with E-state index in [4.69, 9.17) is 29.6 Å². The molecule has 2 amide bonds. The van der Waals surface area contributed by atoms with Crippen molar-refractivity contribution >= 4 is 40.9 Å². The molecule has 0 saturated carbocycles. The molecule has 1 heterocycles. The zero-order valence-electron chi connectivity index (χ0n) is 8.87. The van der Waals surface area contributed by atoms with Crippen LogP contribution in [0.5, 0.6) is 0 Å². The van der Waals surface area contributed by atoms with E-state index in [1.54, 1.807) is 6.07 Å². The molecule has 7 heteroatoms. The zero-order chi connectivity index (χ0) is 12.4. The van der Waals surface area contributed by atoms with Crippen LogP contribution in [0.2, 0.25) is 5.02 Å². The number of rotatable bonds is 3. The number of aromatic nitrogens is 2. The molecule has 0 saturated heterocycles. The van der Waals surface area contributed by atoms with E-state index in [2.05, 4.69) is 10.3 Å². The van der Waals surface area contributed by atoms with Crippen molar-refractivity contribution in [1.82, 2.24) is 14.9 Å². The van der Waals surface area contributed by atoms with Crippen molar-refractivity contribution in [3.05, 3.63) is 28.0 Å². The molecule has 0 bridgehead atoms. The van der Waals surface area contributed by atoms with Gasteiger partial charge in [-0.05, 0) is 24.4 Å². The Hall–Kier alpha value is -1.53. The summed E-state index contributed by atoms with van der Waals surface area (Å²) in [6.07, 6.45) is 0. The van der Waals surface area contributed by atoms with E-state index in [-0.39, 0.29) is 0 Å². The number of halogens is 1. The highest BCUT2D eigenvalue weighted by Crippen LogP contribution is 2.22. The van der Waals surface area contributed by atoms with Gasteiger partial charge in [0.15, 0.2) is 4.77 Å². The van der Waals surface area contributed by atoms with E-state index in [0.717, 1.165) is 11.0 Å². The number of para-hydroxylation sites is 1. The standard InChI is InChI=1S/C10H11ClN4OS/c11-6-2-1-3-7-8(6)14-10(17)15(7)5-4-13-9(12)16/h1-3H,4-5H2,(H,14,17)(H3,12,13,16). The van der Waals surface area contributed by atoms with Gasteiger partial charge in [0.05, 0.1) is 16.1 Å². The highest BCUT2D eigenvalue weighted by molar-refractivity contribution is 7.71. The molecular weight excluding hydrogens is 260 g/mol. The van der Waals surface area contributed by atoms with Gasteiger partial charge < -0.3 is 20.6 Å². The SMILES string of the molecule is NC(=O)NCCn1c(=S)[nH]c2c(Cl)cccc21. The van der Waals surface area contributed by atoms with Crippen molar-refractivity contribution in [2.75, 3.05) is 6.54 Å². The second-order valence-corrected chi connectivity index (χ2v) is 4.30. The first-order valence-electron chi connectivity index (χ1n) is 5.00. The summed E-state index contributed by atoms with van der Waals surface area (Å²) < 4.78 is 2.44. The number of carbonyl (C=O) groups is 1. The Morgan fingerprint density at radius 3 is 3.06 bits per heavy atom. The van der Waals surface area contributed by atoms with Gasteiger partial charge >= 0.3 is 6.03 Å². The minimum Gasteiger partial charge on any atom is -0.352 e. The first-order chi connectivity index (χ1) is 8.09. The van der Waals surface area contributed by atoms with Crippen LogP contribution in [0.25, 0.3) is 11.0 Å². The first-order valence-corrected chi connectivity index (χ1v) is 5.78. The lowest BCUT2D eigenvalue weighted by molar-refractivity contribution is 0.248. The fraction of sp³-hybridized carbons (Fsp3) is 0.200. The second-order valence-electron chi connectivity index (χ2n) is 3.51. The van der Waals surface area contributed by atoms with Gasteiger partial charge in [0, 0.05) is 13.1 Å². The van der Waals surface area contributed by atoms with E-state index in [1.807, 2.05) is 16.7 Å². The number of H-pyrrole nitrogens is 1. The van der Waals surface area contributed by atoms with Crippen LogP contribution < -0.4 is 11.1 Å². The maximum Gasteiger partial charge on any atom is 0.312 e. The van der Waals surface area contributed by atoms with Crippen LogP contribution in [0.1, 0.15) is 0 Å². The number of fused-ring (bicyclic) bond motifs is 1. The number of benzene rings is 1. The number of primary amides is 1. The van der Waals surface area contributed by atoms with Crippen LogP contribution in [-0.4, -0.2) is 22.1 Å². The third kappa shape index (κ3) is 2.42. The van der Waals surface area contributed by atoms with Gasteiger partial charge in [-0.15, -0.1) is 0 Å². The smallest absolute Gasteiger partial charge is 0.312 e. The highest BCUT2D eigenvalue weighted by atomic mass is 35.5. The van der Waals surface area contributed by atoms with Crippen LogP contribution in [0.3, 0.4) is 0 Å². The highest BCUT2D eigenvalue weighted by Gasteiger charge is 2.06. The number of nitrogens with one attached hydrogen (secondary N) is 2. The molecule has 0 fully saturated rings. The topological polar surface area (TPSA) is 75.8 Å². The number of hydrogen-bond donors (Lipinski definition) is 3. The fourth-order valence-electron chi connectivity index (χ4n) is 1.66. The van der Waals surface area contributed by atoms with Crippen molar-refractivity contribution in [3.63, 3.8) is 0 Å². The summed E-state index contributed by atoms with van der Waals surface area (Å²) in [7, 11) is 0. The molecule has 0 aliphatic heterocycles. The summed E-state index contributed by atoms with van der Waals surface area (Å²) in [5.41, 5.74) is 6.71. The van der Waals surface area contributed by atoms with Gasteiger partial charge in [0.25, 0.3) is 0 Å². The lowest BCUT2D eigenvalue weighted by atomic mass is 10.3. The summed E-state index contributed by atoms with van der Waals surface area (Å²) in [6, 6.07) is 5.01. The number of amides is 2. The summed E-state index contributed by atoms with van der Waals surface area (Å²) in [6.45, 7) is 0.964. The van der Waals surface area contributed by atoms with Crippen molar-refractivity contribution in [2.24, 2.45) is 5.73 Å². The average molecular weight is 271 g/mol. The molecule has 1 aromatic carbocycles. The minimum absolute atomic E-state index is 0.420. The molecule has 0 radical (unpaired) electrons. The molecule has 1 aromatic heterocycles. The number of aromatic amines is 1. The largest absolute Gasteiger partial charge is 0.352 e.